The summed E-state index contributed by atoms with van der Waals surface area (Å²) in [5.74, 6) is 0.119. The van der Waals surface area contributed by atoms with E-state index in [9.17, 15) is 9.59 Å². The Kier molecular flexibility index (Phi) is 5.47. The molecule has 30 heavy (non-hydrogen) atoms. The van der Waals surface area contributed by atoms with Crippen LogP contribution >= 0.6 is 34.0 Å². The number of thiazole rings is 2. The van der Waals surface area contributed by atoms with Gasteiger partial charge in [0, 0.05) is 55.7 Å². The number of thiophene rings is 1. The summed E-state index contributed by atoms with van der Waals surface area (Å²) in [6.45, 7) is 3.54. The van der Waals surface area contributed by atoms with Crippen LogP contribution in [-0.2, 0) is 17.8 Å². The van der Waals surface area contributed by atoms with Crippen molar-refractivity contribution in [1.82, 2.24) is 24.2 Å². The molecule has 0 saturated carbocycles. The summed E-state index contributed by atoms with van der Waals surface area (Å²) in [7, 11) is 0. The van der Waals surface area contributed by atoms with Gasteiger partial charge in [-0.3, -0.25) is 18.9 Å². The standard InChI is InChI=1S/C20H19N5O2S3/c26-17(11-15-13-30-19(21-15)16-2-1-8-28-16)24-5-3-23(4-6-24)12-14-10-18(27)25-7-9-29-20(25)22-14/h1-2,7-10,13H,3-6,11-12H2. The molecule has 4 aromatic heterocycles. The minimum atomic E-state index is -0.0461. The van der Waals surface area contributed by atoms with Gasteiger partial charge >= 0.3 is 0 Å². The maximum Gasteiger partial charge on any atom is 0.258 e. The molecule has 1 fully saturated rings. The van der Waals surface area contributed by atoms with Crippen LogP contribution in [0.5, 0.6) is 0 Å². The zero-order valence-corrected chi connectivity index (χ0v) is 18.5. The molecule has 154 valence electrons. The highest BCUT2D eigenvalue weighted by Crippen LogP contribution is 2.28. The molecule has 1 saturated heterocycles. The van der Waals surface area contributed by atoms with Crippen LogP contribution in [0.1, 0.15) is 11.4 Å². The van der Waals surface area contributed by atoms with Crippen LogP contribution in [0.3, 0.4) is 0 Å². The number of piperazine rings is 1. The van der Waals surface area contributed by atoms with Crippen LogP contribution in [0.15, 0.2) is 45.3 Å². The van der Waals surface area contributed by atoms with Gasteiger partial charge in [-0.15, -0.1) is 34.0 Å². The lowest BCUT2D eigenvalue weighted by atomic mass is 10.2. The van der Waals surface area contributed by atoms with Crippen LogP contribution < -0.4 is 5.56 Å². The van der Waals surface area contributed by atoms with Crippen molar-refractivity contribution in [3.05, 3.63) is 62.3 Å². The number of rotatable bonds is 5. The van der Waals surface area contributed by atoms with Gasteiger partial charge in [-0.1, -0.05) is 6.07 Å². The predicted octanol–water partition coefficient (Wildman–Crippen LogP) is 2.83. The fourth-order valence-corrected chi connectivity index (χ4v) is 5.89. The second-order valence-electron chi connectivity index (χ2n) is 7.10. The molecule has 0 aliphatic carbocycles. The first kappa shape index (κ1) is 19.6. The SMILES string of the molecule is O=C(Cc1csc(-c2cccs2)n1)N1CCN(Cc2cc(=O)n3ccsc3n2)CC1. The average molecular weight is 458 g/mol. The molecule has 5 rings (SSSR count). The topological polar surface area (TPSA) is 70.8 Å². The Balaban J connectivity index is 1.16. The third-order valence-electron chi connectivity index (χ3n) is 5.08. The number of carbonyl (C=O) groups is 1. The largest absolute Gasteiger partial charge is 0.340 e. The molecule has 10 heteroatoms. The lowest BCUT2D eigenvalue weighted by molar-refractivity contribution is -0.132. The van der Waals surface area contributed by atoms with Crippen LogP contribution in [-0.4, -0.2) is 56.3 Å². The number of hydrogen-bond acceptors (Lipinski definition) is 8. The van der Waals surface area contributed by atoms with Gasteiger partial charge in [0.15, 0.2) is 4.96 Å². The Hall–Kier alpha value is -2.40. The van der Waals surface area contributed by atoms with Crippen LogP contribution in [0.4, 0.5) is 0 Å². The van der Waals surface area contributed by atoms with Gasteiger partial charge < -0.3 is 4.90 Å². The van der Waals surface area contributed by atoms with Crippen LogP contribution in [0, 0.1) is 0 Å². The monoisotopic (exact) mass is 457 g/mol. The molecule has 0 atom stereocenters. The smallest absolute Gasteiger partial charge is 0.258 e. The molecule has 4 aromatic rings. The molecule has 0 aromatic carbocycles. The van der Waals surface area contributed by atoms with Crippen LogP contribution in [0.25, 0.3) is 14.8 Å². The number of amides is 1. The minimum absolute atomic E-state index is 0.0461. The Morgan fingerprint density at radius 1 is 1.03 bits per heavy atom. The van der Waals surface area contributed by atoms with E-state index in [4.69, 9.17) is 0 Å². The fraction of sp³-hybridized carbons (Fsp3) is 0.300. The second kappa shape index (κ2) is 8.38. The second-order valence-corrected chi connectivity index (χ2v) is 9.78. The highest BCUT2D eigenvalue weighted by molar-refractivity contribution is 7.20. The van der Waals surface area contributed by atoms with Crippen molar-refractivity contribution in [2.75, 3.05) is 26.2 Å². The Labute approximate surface area is 184 Å². The predicted molar refractivity (Wildman–Crippen MR) is 120 cm³/mol. The van der Waals surface area contributed by atoms with E-state index in [1.165, 1.54) is 11.3 Å². The maximum atomic E-state index is 12.7. The summed E-state index contributed by atoms with van der Waals surface area (Å²) < 4.78 is 1.56. The summed E-state index contributed by atoms with van der Waals surface area (Å²) >= 11 is 4.71. The van der Waals surface area contributed by atoms with Gasteiger partial charge in [-0.05, 0) is 11.4 Å². The Morgan fingerprint density at radius 2 is 1.90 bits per heavy atom. The van der Waals surface area contributed by atoms with E-state index < -0.39 is 0 Å². The van der Waals surface area contributed by atoms with Crippen molar-refractivity contribution in [3.8, 4) is 9.88 Å². The van der Waals surface area contributed by atoms with Gasteiger partial charge in [0.25, 0.3) is 5.56 Å². The molecular formula is C20H19N5O2S3. The van der Waals surface area contributed by atoms with E-state index in [2.05, 4.69) is 14.9 Å². The van der Waals surface area contributed by atoms with E-state index in [1.54, 1.807) is 39.3 Å². The fourth-order valence-electron chi connectivity index (χ4n) is 3.52. The van der Waals surface area contributed by atoms with Gasteiger partial charge in [-0.25, -0.2) is 9.97 Å². The van der Waals surface area contributed by atoms with Gasteiger partial charge in [-0.2, -0.15) is 0 Å². The summed E-state index contributed by atoms with van der Waals surface area (Å²) in [5.41, 5.74) is 1.57. The number of hydrogen-bond donors (Lipinski definition) is 0. The van der Waals surface area contributed by atoms with Crippen molar-refractivity contribution < 1.29 is 4.79 Å². The van der Waals surface area contributed by atoms with Crippen molar-refractivity contribution in [2.24, 2.45) is 0 Å². The quantitative estimate of drug-likeness (QED) is 0.461. The Morgan fingerprint density at radius 3 is 2.70 bits per heavy atom. The zero-order chi connectivity index (χ0) is 20.5. The number of aromatic nitrogens is 3. The molecule has 0 radical (unpaired) electrons. The molecule has 0 unspecified atom stereocenters. The molecular weight excluding hydrogens is 438 g/mol. The zero-order valence-electron chi connectivity index (χ0n) is 16.1. The van der Waals surface area contributed by atoms with E-state index in [-0.39, 0.29) is 11.5 Å². The third kappa shape index (κ3) is 4.08. The molecule has 1 amide bonds. The van der Waals surface area contributed by atoms with Gasteiger partial charge in [0.2, 0.25) is 5.91 Å². The molecule has 0 bridgehead atoms. The minimum Gasteiger partial charge on any atom is -0.340 e. The molecule has 5 heterocycles. The molecule has 0 spiro atoms. The maximum absolute atomic E-state index is 12.7. The normalized spacial score (nSPS) is 15.1. The first-order valence-electron chi connectivity index (χ1n) is 9.60. The molecule has 0 N–H and O–H groups in total. The van der Waals surface area contributed by atoms with E-state index in [1.807, 2.05) is 33.2 Å². The highest BCUT2D eigenvalue weighted by Gasteiger charge is 2.22. The first-order valence-corrected chi connectivity index (χ1v) is 12.2. The number of nitrogens with zero attached hydrogens (tertiary/aromatic N) is 5. The lowest BCUT2D eigenvalue weighted by Gasteiger charge is -2.34. The van der Waals surface area contributed by atoms with E-state index in [0.717, 1.165) is 39.3 Å². The van der Waals surface area contributed by atoms with Crippen molar-refractivity contribution in [3.63, 3.8) is 0 Å². The van der Waals surface area contributed by atoms with Crippen molar-refractivity contribution >= 4 is 44.9 Å². The molecule has 7 nitrogen and oxygen atoms in total. The van der Waals surface area contributed by atoms with E-state index >= 15 is 0 Å². The summed E-state index contributed by atoms with van der Waals surface area (Å²) in [6, 6.07) is 5.66. The van der Waals surface area contributed by atoms with Crippen molar-refractivity contribution in [1.29, 1.82) is 0 Å². The molecule has 1 aliphatic rings. The van der Waals surface area contributed by atoms with Crippen LogP contribution in [0.2, 0.25) is 0 Å². The summed E-state index contributed by atoms with van der Waals surface area (Å²) in [6.07, 6.45) is 2.09. The summed E-state index contributed by atoms with van der Waals surface area (Å²) in [4.78, 5) is 40.1. The number of fused-ring (bicyclic) bond motifs is 1. The third-order valence-corrected chi connectivity index (χ3v) is 7.77. The lowest BCUT2D eigenvalue weighted by Crippen LogP contribution is -2.48. The van der Waals surface area contributed by atoms with Crippen molar-refractivity contribution in [2.45, 2.75) is 13.0 Å². The van der Waals surface area contributed by atoms with Gasteiger partial charge in [0.1, 0.15) is 5.01 Å². The van der Waals surface area contributed by atoms with Gasteiger partial charge in [0.05, 0.1) is 22.7 Å². The first-order chi connectivity index (χ1) is 14.7. The molecule has 1 aliphatic heterocycles. The highest BCUT2D eigenvalue weighted by atomic mass is 32.1. The Bertz CT molecular complexity index is 1220. The van der Waals surface area contributed by atoms with E-state index in [0.29, 0.717) is 26.1 Å². The average Bonchev–Trinajstić information content (AvgIpc) is 3.50. The number of carbonyl (C=O) groups excluding carboxylic acids is 1. The summed E-state index contributed by atoms with van der Waals surface area (Å²) in [5, 5.41) is 6.85.